The Morgan fingerprint density at radius 2 is 2.00 bits per heavy atom. The minimum absolute atomic E-state index is 0.131. The van der Waals surface area contributed by atoms with Gasteiger partial charge in [-0.15, -0.1) is 0 Å². The normalized spacial score (nSPS) is 11.6. The van der Waals surface area contributed by atoms with E-state index < -0.39 is 11.7 Å². The Morgan fingerprint density at radius 1 is 1.17 bits per heavy atom. The lowest BCUT2D eigenvalue weighted by molar-refractivity contribution is -0.137. The number of benzene rings is 1. The number of fused-ring (bicyclic) bond motifs is 1. The van der Waals surface area contributed by atoms with Crippen molar-refractivity contribution in [3.05, 3.63) is 66.0 Å². The molecule has 0 spiro atoms. The van der Waals surface area contributed by atoms with Crippen LogP contribution >= 0.6 is 0 Å². The third-order valence-electron chi connectivity index (χ3n) is 3.30. The van der Waals surface area contributed by atoms with Crippen LogP contribution in [0.3, 0.4) is 0 Å². The summed E-state index contributed by atoms with van der Waals surface area (Å²) < 4.78 is 39.6. The van der Waals surface area contributed by atoms with Crippen LogP contribution in [-0.2, 0) is 17.4 Å². The fraction of sp³-hybridized carbons (Fsp3) is 0.125. The van der Waals surface area contributed by atoms with E-state index in [1.54, 1.807) is 35.1 Å². The number of carbonyl (C=O) groups excluding carboxylic acids is 1. The van der Waals surface area contributed by atoms with E-state index in [2.05, 4.69) is 10.4 Å². The SMILES string of the molecule is O=C(Cc1cccc(C(F)(F)F)c1)Nc1ccn2nccc2c1. The number of nitrogens with zero attached hydrogens (tertiary/aromatic N) is 2. The first-order valence-electron chi connectivity index (χ1n) is 6.81. The molecule has 7 heteroatoms. The first-order chi connectivity index (χ1) is 10.9. The molecule has 4 nitrogen and oxygen atoms in total. The highest BCUT2D eigenvalue weighted by molar-refractivity contribution is 5.92. The smallest absolute Gasteiger partial charge is 0.326 e. The lowest BCUT2D eigenvalue weighted by Crippen LogP contribution is -2.15. The molecule has 2 aromatic heterocycles. The monoisotopic (exact) mass is 319 g/mol. The third kappa shape index (κ3) is 3.50. The second-order valence-corrected chi connectivity index (χ2v) is 5.04. The standard InChI is InChI=1S/C16H12F3N3O/c17-16(18,19)12-3-1-2-11(8-12)9-15(23)21-13-5-7-22-14(10-13)4-6-20-22/h1-8,10H,9H2,(H,21,23). The summed E-state index contributed by atoms with van der Waals surface area (Å²) in [5, 5.41) is 6.71. The molecule has 3 aromatic rings. The molecule has 1 N–H and O–H groups in total. The van der Waals surface area contributed by atoms with E-state index in [0.717, 1.165) is 17.6 Å². The fourth-order valence-corrected chi connectivity index (χ4v) is 2.25. The highest BCUT2D eigenvalue weighted by Gasteiger charge is 2.30. The molecule has 0 saturated heterocycles. The number of aromatic nitrogens is 2. The largest absolute Gasteiger partial charge is 0.416 e. The maximum atomic E-state index is 12.7. The summed E-state index contributed by atoms with van der Waals surface area (Å²) in [4.78, 5) is 12.0. The van der Waals surface area contributed by atoms with Crippen molar-refractivity contribution in [1.82, 2.24) is 9.61 Å². The molecule has 3 rings (SSSR count). The molecule has 0 radical (unpaired) electrons. The van der Waals surface area contributed by atoms with Crippen LogP contribution in [0, 0.1) is 0 Å². The van der Waals surface area contributed by atoms with E-state index in [1.807, 2.05) is 0 Å². The van der Waals surface area contributed by atoms with Gasteiger partial charge >= 0.3 is 6.18 Å². The van der Waals surface area contributed by atoms with Crippen LogP contribution in [-0.4, -0.2) is 15.5 Å². The van der Waals surface area contributed by atoms with Gasteiger partial charge in [-0.05, 0) is 29.8 Å². The quantitative estimate of drug-likeness (QED) is 0.803. The maximum absolute atomic E-state index is 12.7. The van der Waals surface area contributed by atoms with E-state index >= 15 is 0 Å². The molecule has 1 amide bonds. The van der Waals surface area contributed by atoms with Crippen LogP contribution in [0.15, 0.2) is 54.9 Å². The first-order valence-corrected chi connectivity index (χ1v) is 6.81. The number of amides is 1. The molecule has 0 aliphatic heterocycles. The molecule has 0 saturated carbocycles. The van der Waals surface area contributed by atoms with Gasteiger partial charge in [0.1, 0.15) is 0 Å². The number of carbonyl (C=O) groups is 1. The van der Waals surface area contributed by atoms with Crippen LogP contribution < -0.4 is 5.32 Å². The molecular formula is C16H12F3N3O. The molecule has 0 bridgehead atoms. The Kier molecular flexibility index (Phi) is 3.77. The Hall–Kier alpha value is -2.83. The number of nitrogens with one attached hydrogen (secondary N) is 1. The Bertz CT molecular complexity index is 855. The second kappa shape index (κ2) is 5.75. The number of halogens is 3. The number of pyridine rings is 1. The second-order valence-electron chi connectivity index (χ2n) is 5.04. The average molecular weight is 319 g/mol. The summed E-state index contributed by atoms with van der Waals surface area (Å²) in [7, 11) is 0. The minimum atomic E-state index is -4.42. The van der Waals surface area contributed by atoms with Crippen LogP contribution in [0.25, 0.3) is 5.52 Å². The van der Waals surface area contributed by atoms with Gasteiger partial charge in [-0.25, -0.2) is 4.52 Å². The number of anilines is 1. The summed E-state index contributed by atoms with van der Waals surface area (Å²) in [5.41, 5.74) is 0.920. The molecule has 0 aliphatic rings. The van der Waals surface area contributed by atoms with Crippen LogP contribution in [0.1, 0.15) is 11.1 Å². The Balaban J connectivity index is 1.71. The van der Waals surface area contributed by atoms with Gasteiger partial charge in [0.05, 0.1) is 17.5 Å². The molecule has 0 aliphatic carbocycles. The number of hydrogen-bond donors (Lipinski definition) is 1. The predicted molar refractivity (Wildman–Crippen MR) is 79.0 cm³/mol. The third-order valence-corrected chi connectivity index (χ3v) is 3.30. The van der Waals surface area contributed by atoms with E-state index in [1.165, 1.54) is 12.1 Å². The molecule has 2 heterocycles. The number of rotatable bonds is 3. The first kappa shape index (κ1) is 15.1. The Labute approximate surface area is 129 Å². The van der Waals surface area contributed by atoms with E-state index in [4.69, 9.17) is 0 Å². The highest BCUT2D eigenvalue weighted by Crippen LogP contribution is 2.29. The molecule has 0 atom stereocenters. The van der Waals surface area contributed by atoms with Crippen molar-refractivity contribution in [2.75, 3.05) is 5.32 Å². The zero-order valence-electron chi connectivity index (χ0n) is 11.8. The molecular weight excluding hydrogens is 307 g/mol. The zero-order chi connectivity index (χ0) is 16.4. The van der Waals surface area contributed by atoms with Gasteiger partial charge in [0, 0.05) is 18.1 Å². The summed E-state index contributed by atoms with van der Waals surface area (Å²) in [6, 6.07) is 9.94. The van der Waals surface area contributed by atoms with Gasteiger partial charge in [0.2, 0.25) is 5.91 Å². The molecule has 0 fully saturated rings. The van der Waals surface area contributed by atoms with Crippen molar-refractivity contribution in [2.45, 2.75) is 12.6 Å². The van der Waals surface area contributed by atoms with Crippen molar-refractivity contribution < 1.29 is 18.0 Å². The zero-order valence-corrected chi connectivity index (χ0v) is 11.8. The number of hydrogen-bond acceptors (Lipinski definition) is 2. The number of alkyl halides is 3. The van der Waals surface area contributed by atoms with Crippen molar-refractivity contribution in [3.63, 3.8) is 0 Å². The summed E-state index contributed by atoms with van der Waals surface area (Å²) in [5.74, 6) is -0.381. The molecule has 0 unspecified atom stereocenters. The van der Waals surface area contributed by atoms with E-state index in [9.17, 15) is 18.0 Å². The summed E-state index contributed by atoms with van der Waals surface area (Å²) >= 11 is 0. The van der Waals surface area contributed by atoms with Gasteiger partial charge in [-0.2, -0.15) is 18.3 Å². The Morgan fingerprint density at radius 3 is 2.78 bits per heavy atom. The van der Waals surface area contributed by atoms with Crippen LogP contribution in [0.2, 0.25) is 0 Å². The van der Waals surface area contributed by atoms with Crippen molar-refractivity contribution >= 4 is 17.1 Å². The van der Waals surface area contributed by atoms with E-state index in [0.29, 0.717) is 11.3 Å². The van der Waals surface area contributed by atoms with Gasteiger partial charge in [0.15, 0.2) is 0 Å². The molecule has 118 valence electrons. The van der Waals surface area contributed by atoms with Crippen LogP contribution in [0.5, 0.6) is 0 Å². The highest BCUT2D eigenvalue weighted by atomic mass is 19.4. The summed E-state index contributed by atoms with van der Waals surface area (Å²) in [6.07, 6.45) is -1.23. The van der Waals surface area contributed by atoms with Gasteiger partial charge in [0.25, 0.3) is 0 Å². The van der Waals surface area contributed by atoms with Crippen molar-refractivity contribution in [3.8, 4) is 0 Å². The maximum Gasteiger partial charge on any atom is 0.416 e. The lowest BCUT2D eigenvalue weighted by atomic mass is 10.1. The van der Waals surface area contributed by atoms with Crippen molar-refractivity contribution in [1.29, 1.82) is 0 Å². The van der Waals surface area contributed by atoms with Crippen LogP contribution in [0.4, 0.5) is 18.9 Å². The lowest BCUT2D eigenvalue weighted by Gasteiger charge is -2.09. The predicted octanol–water partition coefficient (Wildman–Crippen LogP) is 3.53. The fourth-order valence-electron chi connectivity index (χ4n) is 2.25. The molecule has 1 aromatic carbocycles. The average Bonchev–Trinajstić information content (AvgIpc) is 2.94. The summed E-state index contributed by atoms with van der Waals surface area (Å²) in [6.45, 7) is 0. The van der Waals surface area contributed by atoms with Gasteiger partial charge in [-0.1, -0.05) is 18.2 Å². The minimum Gasteiger partial charge on any atom is -0.326 e. The van der Waals surface area contributed by atoms with Gasteiger partial charge in [-0.3, -0.25) is 4.79 Å². The van der Waals surface area contributed by atoms with Gasteiger partial charge < -0.3 is 5.32 Å². The van der Waals surface area contributed by atoms with Crippen molar-refractivity contribution in [2.24, 2.45) is 0 Å². The van der Waals surface area contributed by atoms with E-state index in [-0.39, 0.29) is 12.3 Å². The molecule has 23 heavy (non-hydrogen) atoms. The topological polar surface area (TPSA) is 46.4 Å².